The summed E-state index contributed by atoms with van der Waals surface area (Å²) in [7, 11) is -3.90. The summed E-state index contributed by atoms with van der Waals surface area (Å²) in [4.78, 5) is 18.1. The molecule has 0 saturated carbocycles. The van der Waals surface area contributed by atoms with Crippen LogP contribution in [0.25, 0.3) is 0 Å². The molecule has 2 aliphatic heterocycles. The van der Waals surface area contributed by atoms with Crippen molar-refractivity contribution in [2.45, 2.75) is 55.2 Å². The van der Waals surface area contributed by atoms with E-state index in [1.807, 2.05) is 30.3 Å². The Balaban J connectivity index is 1.40. The third kappa shape index (κ3) is 6.77. The minimum Gasteiger partial charge on any atom is -0.457 e. The predicted molar refractivity (Wildman–Crippen MR) is 123 cm³/mol. The predicted octanol–water partition coefficient (Wildman–Crippen LogP) is 3.27. The van der Waals surface area contributed by atoms with Crippen LogP contribution in [0, 0.1) is 0 Å². The van der Waals surface area contributed by atoms with Crippen molar-refractivity contribution in [3.8, 4) is 11.5 Å². The average molecular weight is 491 g/mol. The second-order valence-electron chi connectivity index (χ2n) is 8.50. The van der Waals surface area contributed by atoms with E-state index in [9.17, 15) is 13.2 Å². The number of benzene rings is 2. The maximum atomic E-state index is 13.2. The molecule has 2 aliphatic rings. The number of rotatable bonds is 9. The lowest BCUT2D eigenvalue weighted by atomic mass is 9.87. The Morgan fingerprint density at radius 2 is 1.68 bits per heavy atom. The molecule has 1 amide bonds. The maximum Gasteiger partial charge on any atom is 0.245 e. The fraction of sp³-hybridized carbons (Fsp3) is 0.458. The molecule has 0 bridgehead atoms. The number of carbonyl (C=O) groups is 1. The Kier molecular flexibility index (Phi) is 8.17. The highest BCUT2D eigenvalue weighted by Gasteiger charge is 2.39. The van der Waals surface area contributed by atoms with Crippen LogP contribution in [0.3, 0.4) is 0 Å². The van der Waals surface area contributed by atoms with Crippen LogP contribution in [0.2, 0.25) is 0 Å². The lowest BCUT2D eigenvalue weighted by molar-refractivity contribution is -0.201. The van der Waals surface area contributed by atoms with E-state index >= 15 is 0 Å². The van der Waals surface area contributed by atoms with Crippen molar-refractivity contribution in [2.75, 3.05) is 19.8 Å². The van der Waals surface area contributed by atoms with Gasteiger partial charge in [0.25, 0.3) is 0 Å². The first-order valence-corrected chi connectivity index (χ1v) is 12.9. The van der Waals surface area contributed by atoms with Crippen LogP contribution < -0.4 is 14.9 Å². The number of para-hydroxylation sites is 1. The Morgan fingerprint density at radius 1 is 0.971 bits per heavy atom. The van der Waals surface area contributed by atoms with Crippen molar-refractivity contribution >= 4 is 15.9 Å². The third-order valence-corrected chi connectivity index (χ3v) is 7.45. The van der Waals surface area contributed by atoms with Gasteiger partial charge in [0.05, 0.1) is 4.90 Å². The fourth-order valence-electron chi connectivity index (χ4n) is 4.01. The molecular formula is C24H30N2O7S. The molecule has 4 rings (SSSR count). The van der Waals surface area contributed by atoms with Crippen molar-refractivity contribution in [1.82, 2.24) is 10.2 Å². The third-order valence-electron chi connectivity index (χ3n) is 5.85. The zero-order chi connectivity index (χ0) is 23.9. The van der Waals surface area contributed by atoms with Crippen LogP contribution in [-0.4, -0.2) is 46.0 Å². The van der Waals surface area contributed by atoms with E-state index in [-0.39, 0.29) is 11.3 Å². The standard InChI is InChI=1S/C24H30N2O7S/c27-22(25-33-23-8-4-5-15-31-23)18-24(13-16-30-17-14-24)26-34(28,29)21-11-9-20(10-12-21)32-19-6-2-1-3-7-19/h1-3,6-7,9-12,23,26H,4-5,8,13-18H2,(H,25,27). The number of nitrogens with one attached hydrogen (secondary N) is 2. The highest BCUT2D eigenvalue weighted by atomic mass is 32.2. The zero-order valence-corrected chi connectivity index (χ0v) is 19.7. The van der Waals surface area contributed by atoms with Crippen molar-refractivity contribution in [3.05, 3.63) is 54.6 Å². The highest BCUT2D eigenvalue weighted by Crippen LogP contribution is 2.28. The SMILES string of the molecule is O=C(CC1(NS(=O)(=O)c2ccc(Oc3ccccc3)cc2)CCOCC1)NOC1CCCCO1. The Bertz CT molecular complexity index is 1030. The highest BCUT2D eigenvalue weighted by molar-refractivity contribution is 7.89. The van der Waals surface area contributed by atoms with Crippen LogP contribution in [0.4, 0.5) is 0 Å². The van der Waals surface area contributed by atoms with Gasteiger partial charge in [-0.25, -0.2) is 23.5 Å². The summed E-state index contributed by atoms with van der Waals surface area (Å²) in [6.45, 7) is 1.30. The van der Waals surface area contributed by atoms with Crippen LogP contribution in [0.5, 0.6) is 11.5 Å². The molecular weight excluding hydrogens is 460 g/mol. The summed E-state index contributed by atoms with van der Waals surface area (Å²) in [6, 6.07) is 15.4. The van der Waals surface area contributed by atoms with Gasteiger partial charge in [-0.1, -0.05) is 18.2 Å². The van der Waals surface area contributed by atoms with Crippen molar-refractivity contribution in [2.24, 2.45) is 0 Å². The summed E-state index contributed by atoms with van der Waals surface area (Å²) in [6.07, 6.45) is 2.84. The number of carbonyl (C=O) groups excluding carboxylic acids is 1. The molecule has 9 nitrogen and oxygen atoms in total. The molecule has 10 heteroatoms. The Labute approximate surface area is 199 Å². The molecule has 2 aromatic rings. The smallest absolute Gasteiger partial charge is 0.245 e. The molecule has 0 spiro atoms. The Morgan fingerprint density at radius 3 is 2.35 bits per heavy atom. The van der Waals surface area contributed by atoms with Gasteiger partial charge in [-0.15, -0.1) is 0 Å². The van der Waals surface area contributed by atoms with Crippen molar-refractivity contribution < 1.29 is 32.3 Å². The van der Waals surface area contributed by atoms with E-state index in [0.29, 0.717) is 50.6 Å². The normalized spacial score (nSPS) is 20.4. The summed E-state index contributed by atoms with van der Waals surface area (Å²) < 4.78 is 45.7. The second kappa shape index (κ2) is 11.3. The van der Waals surface area contributed by atoms with Crippen molar-refractivity contribution in [3.63, 3.8) is 0 Å². The number of sulfonamides is 1. The molecule has 0 radical (unpaired) electrons. The number of ether oxygens (including phenoxy) is 3. The first kappa shape index (κ1) is 24.6. The molecule has 2 aromatic carbocycles. The molecule has 2 heterocycles. The van der Waals surface area contributed by atoms with Gasteiger partial charge < -0.3 is 14.2 Å². The average Bonchev–Trinajstić information content (AvgIpc) is 2.84. The van der Waals surface area contributed by atoms with E-state index in [1.54, 1.807) is 12.1 Å². The molecule has 1 unspecified atom stereocenters. The summed E-state index contributed by atoms with van der Waals surface area (Å²) in [5.41, 5.74) is 1.45. The van der Waals surface area contributed by atoms with Gasteiger partial charge in [-0.05, 0) is 62.1 Å². The van der Waals surface area contributed by atoms with Crippen LogP contribution >= 0.6 is 0 Å². The fourth-order valence-corrected chi connectivity index (χ4v) is 5.47. The van der Waals surface area contributed by atoms with Gasteiger partial charge in [0.1, 0.15) is 11.5 Å². The van der Waals surface area contributed by atoms with Crippen LogP contribution in [0.1, 0.15) is 38.5 Å². The van der Waals surface area contributed by atoms with Crippen LogP contribution in [0.15, 0.2) is 59.5 Å². The molecule has 2 fully saturated rings. The molecule has 0 aliphatic carbocycles. The van der Waals surface area contributed by atoms with Crippen LogP contribution in [-0.2, 0) is 29.1 Å². The number of amides is 1. The molecule has 184 valence electrons. The van der Waals surface area contributed by atoms with Gasteiger partial charge >= 0.3 is 0 Å². The summed E-state index contributed by atoms with van der Waals surface area (Å²) >= 11 is 0. The Hall–Kier alpha value is -2.50. The van der Waals surface area contributed by atoms with Crippen molar-refractivity contribution in [1.29, 1.82) is 0 Å². The van der Waals surface area contributed by atoms with Gasteiger partial charge in [-0.2, -0.15) is 0 Å². The minimum absolute atomic E-state index is 0.0719. The number of hydroxylamine groups is 1. The van der Waals surface area contributed by atoms with Gasteiger partial charge in [0.2, 0.25) is 15.9 Å². The monoisotopic (exact) mass is 490 g/mol. The molecule has 0 aromatic heterocycles. The minimum atomic E-state index is -3.90. The quantitative estimate of drug-likeness (QED) is 0.519. The molecule has 34 heavy (non-hydrogen) atoms. The van der Waals surface area contributed by atoms with Gasteiger partial charge in [0, 0.05) is 38.2 Å². The van der Waals surface area contributed by atoms with Gasteiger partial charge in [0.15, 0.2) is 6.29 Å². The molecule has 2 saturated heterocycles. The van der Waals surface area contributed by atoms with E-state index in [4.69, 9.17) is 19.0 Å². The summed E-state index contributed by atoms with van der Waals surface area (Å²) in [5, 5.41) is 0. The topological polar surface area (TPSA) is 112 Å². The summed E-state index contributed by atoms with van der Waals surface area (Å²) in [5.74, 6) is 0.766. The van der Waals surface area contributed by atoms with E-state index < -0.39 is 27.8 Å². The van der Waals surface area contributed by atoms with Gasteiger partial charge in [-0.3, -0.25) is 4.79 Å². The molecule has 2 N–H and O–H groups in total. The van der Waals surface area contributed by atoms with E-state index in [0.717, 1.165) is 12.8 Å². The number of hydrogen-bond acceptors (Lipinski definition) is 7. The van der Waals surface area contributed by atoms with E-state index in [2.05, 4.69) is 10.2 Å². The first-order chi connectivity index (χ1) is 16.4. The molecule has 1 atom stereocenters. The van der Waals surface area contributed by atoms with E-state index in [1.165, 1.54) is 12.1 Å². The largest absolute Gasteiger partial charge is 0.457 e. The number of hydrogen-bond donors (Lipinski definition) is 2. The zero-order valence-electron chi connectivity index (χ0n) is 18.9. The lowest BCUT2D eigenvalue weighted by Gasteiger charge is -2.37. The second-order valence-corrected chi connectivity index (χ2v) is 10.2. The first-order valence-electron chi connectivity index (χ1n) is 11.5. The lowest BCUT2D eigenvalue weighted by Crippen LogP contribution is -2.54. The maximum absolute atomic E-state index is 13.2.